The molecular weight excluding hydrogens is 242 g/mol. The predicted octanol–water partition coefficient (Wildman–Crippen LogP) is 0.727. The Morgan fingerprint density at radius 3 is 2.65 bits per heavy atom. The van der Waals surface area contributed by atoms with Gasteiger partial charge >= 0.3 is 0 Å². The average Bonchev–Trinajstić information content (AvgIpc) is 3.09. The van der Waals surface area contributed by atoms with Gasteiger partial charge in [0.25, 0.3) is 5.91 Å². The first-order valence-electron chi connectivity index (χ1n) is 5.58. The molecule has 0 aromatic carbocycles. The molecule has 0 unspecified atom stereocenters. The van der Waals surface area contributed by atoms with E-state index in [1.165, 1.54) is 12.4 Å². The number of aromatic nitrogens is 2. The highest BCUT2D eigenvalue weighted by molar-refractivity contribution is 6.29. The number of rotatable bonds is 2. The third-order valence-electron chi connectivity index (χ3n) is 3.39. The Bertz CT molecular complexity index is 452. The third-order valence-corrected chi connectivity index (χ3v) is 3.59. The largest absolute Gasteiger partial charge is 0.386 e. The van der Waals surface area contributed by atoms with Gasteiger partial charge in [-0.1, -0.05) is 11.6 Å². The fraction of sp³-hybridized carbons (Fsp3) is 0.545. The molecule has 0 spiro atoms. The first-order valence-corrected chi connectivity index (χ1v) is 5.95. The summed E-state index contributed by atoms with van der Waals surface area (Å²) in [5.74, 6) is 0.183. The monoisotopic (exact) mass is 253 g/mol. The average molecular weight is 254 g/mol. The summed E-state index contributed by atoms with van der Waals surface area (Å²) in [6.45, 7) is 0.807. The van der Waals surface area contributed by atoms with E-state index >= 15 is 0 Å². The molecule has 1 aromatic heterocycles. The van der Waals surface area contributed by atoms with Crippen LogP contribution in [-0.4, -0.2) is 44.6 Å². The Morgan fingerprint density at radius 2 is 2.12 bits per heavy atom. The summed E-state index contributed by atoms with van der Waals surface area (Å²) in [7, 11) is 0. The number of β-amino-alcohol motifs (C(OH)–C–C–N with tert-alkyl or cyclic N) is 1. The molecule has 1 saturated heterocycles. The van der Waals surface area contributed by atoms with E-state index in [2.05, 4.69) is 9.97 Å². The van der Waals surface area contributed by atoms with Crippen molar-refractivity contribution in [3.8, 4) is 0 Å². The van der Waals surface area contributed by atoms with E-state index in [0.717, 1.165) is 12.8 Å². The molecule has 0 bridgehead atoms. The second-order valence-corrected chi connectivity index (χ2v) is 5.15. The zero-order chi connectivity index (χ0) is 12.0. The highest BCUT2D eigenvalue weighted by atomic mass is 35.5. The molecule has 5 nitrogen and oxygen atoms in total. The van der Waals surface area contributed by atoms with Crippen molar-refractivity contribution in [1.29, 1.82) is 0 Å². The Kier molecular flexibility index (Phi) is 2.34. The van der Waals surface area contributed by atoms with Gasteiger partial charge in [0.05, 0.1) is 25.5 Å². The normalized spacial score (nSPS) is 22.1. The Labute approximate surface area is 103 Å². The number of halogens is 1. The van der Waals surface area contributed by atoms with Crippen molar-refractivity contribution >= 4 is 17.5 Å². The molecule has 17 heavy (non-hydrogen) atoms. The van der Waals surface area contributed by atoms with Gasteiger partial charge < -0.3 is 10.0 Å². The summed E-state index contributed by atoms with van der Waals surface area (Å²) >= 11 is 5.60. The predicted molar refractivity (Wildman–Crippen MR) is 60.6 cm³/mol. The molecule has 2 heterocycles. The summed E-state index contributed by atoms with van der Waals surface area (Å²) < 4.78 is 0. The molecule has 0 radical (unpaired) electrons. The van der Waals surface area contributed by atoms with Crippen molar-refractivity contribution in [3.05, 3.63) is 23.2 Å². The molecule has 2 fully saturated rings. The quantitative estimate of drug-likeness (QED) is 0.844. The highest BCUT2D eigenvalue weighted by Crippen LogP contribution is 2.44. The second-order valence-electron chi connectivity index (χ2n) is 4.76. The van der Waals surface area contributed by atoms with Gasteiger partial charge in [-0.3, -0.25) is 4.79 Å². The first kappa shape index (κ1) is 10.9. The van der Waals surface area contributed by atoms with Crippen LogP contribution >= 0.6 is 11.6 Å². The third kappa shape index (κ3) is 1.89. The van der Waals surface area contributed by atoms with E-state index in [4.69, 9.17) is 11.6 Å². The van der Waals surface area contributed by atoms with Gasteiger partial charge in [0, 0.05) is 0 Å². The maximum absolute atomic E-state index is 11.9. The number of aliphatic hydroxyl groups is 1. The van der Waals surface area contributed by atoms with Crippen LogP contribution in [0.1, 0.15) is 23.3 Å². The molecular formula is C11H12ClN3O2. The van der Waals surface area contributed by atoms with Crippen LogP contribution in [0.15, 0.2) is 12.4 Å². The topological polar surface area (TPSA) is 66.3 Å². The van der Waals surface area contributed by atoms with E-state index in [9.17, 15) is 9.90 Å². The Hall–Kier alpha value is -1.20. The Balaban J connectivity index is 1.66. The van der Waals surface area contributed by atoms with Crippen molar-refractivity contribution in [1.82, 2.24) is 14.9 Å². The summed E-state index contributed by atoms with van der Waals surface area (Å²) in [5, 5.41) is 10.4. The van der Waals surface area contributed by atoms with Gasteiger partial charge in [-0.15, -0.1) is 0 Å². The molecule has 0 atom stereocenters. The van der Waals surface area contributed by atoms with Crippen molar-refractivity contribution in [2.45, 2.75) is 18.4 Å². The van der Waals surface area contributed by atoms with Crippen molar-refractivity contribution in [2.75, 3.05) is 13.1 Å². The number of carbonyl (C=O) groups excluding carboxylic acids is 1. The van der Waals surface area contributed by atoms with E-state index in [1.54, 1.807) is 4.90 Å². The summed E-state index contributed by atoms with van der Waals surface area (Å²) in [6.07, 6.45) is 4.85. The van der Waals surface area contributed by atoms with E-state index in [1.807, 2.05) is 0 Å². The number of carbonyl (C=O) groups is 1. The molecule has 1 saturated carbocycles. The molecule has 1 N–H and O–H groups in total. The van der Waals surface area contributed by atoms with E-state index in [0.29, 0.717) is 19.0 Å². The molecule has 2 aliphatic rings. The van der Waals surface area contributed by atoms with Crippen LogP contribution in [0.3, 0.4) is 0 Å². The number of hydrogen-bond donors (Lipinski definition) is 1. The zero-order valence-corrected chi connectivity index (χ0v) is 9.89. The van der Waals surface area contributed by atoms with Crippen LogP contribution in [0.4, 0.5) is 0 Å². The van der Waals surface area contributed by atoms with Crippen LogP contribution < -0.4 is 0 Å². The number of amides is 1. The second kappa shape index (κ2) is 3.65. The summed E-state index contributed by atoms with van der Waals surface area (Å²) in [5.41, 5.74) is -0.387. The lowest BCUT2D eigenvalue weighted by Crippen LogP contribution is -2.64. The molecule has 1 aliphatic carbocycles. The smallest absolute Gasteiger partial charge is 0.274 e. The van der Waals surface area contributed by atoms with Crippen LogP contribution in [-0.2, 0) is 0 Å². The number of hydrogen-bond acceptors (Lipinski definition) is 4. The molecule has 1 aromatic rings. The molecule has 6 heteroatoms. The van der Waals surface area contributed by atoms with Crippen LogP contribution in [0, 0.1) is 5.92 Å². The van der Waals surface area contributed by atoms with Gasteiger partial charge in [0.15, 0.2) is 0 Å². The van der Waals surface area contributed by atoms with E-state index < -0.39 is 5.60 Å². The van der Waals surface area contributed by atoms with Crippen molar-refractivity contribution in [3.63, 3.8) is 0 Å². The maximum Gasteiger partial charge on any atom is 0.274 e. The summed E-state index contributed by atoms with van der Waals surface area (Å²) in [6, 6.07) is 0. The number of likely N-dealkylation sites (tertiary alicyclic amines) is 1. The van der Waals surface area contributed by atoms with Gasteiger partial charge in [0.2, 0.25) is 0 Å². The lowest BCUT2D eigenvalue weighted by Gasteiger charge is -2.46. The minimum atomic E-state index is -0.657. The van der Waals surface area contributed by atoms with Gasteiger partial charge in [-0.25, -0.2) is 9.97 Å². The fourth-order valence-electron chi connectivity index (χ4n) is 2.22. The maximum atomic E-state index is 11.9. The lowest BCUT2D eigenvalue weighted by atomic mass is 9.88. The SMILES string of the molecule is O=C(c1cnc(Cl)cn1)N1CC(O)(C2CC2)C1. The molecule has 1 amide bonds. The summed E-state index contributed by atoms with van der Waals surface area (Å²) in [4.78, 5) is 21.3. The molecule has 90 valence electrons. The number of nitrogens with zero attached hydrogens (tertiary/aromatic N) is 3. The molecule has 3 rings (SSSR count). The van der Waals surface area contributed by atoms with Crippen molar-refractivity contribution < 1.29 is 9.90 Å². The lowest BCUT2D eigenvalue weighted by molar-refractivity contribution is -0.0959. The van der Waals surface area contributed by atoms with Gasteiger partial charge in [-0.2, -0.15) is 0 Å². The fourth-order valence-corrected chi connectivity index (χ4v) is 2.32. The van der Waals surface area contributed by atoms with Crippen LogP contribution in [0.5, 0.6) is 0 Å². The zero-order valence-electron chi connectivity index (χ0n) is 9.14. The minimum Gasteiger partial charge on any atom is -0.386 e. The van der Waals surface area contributed by atoms with Gasteiger partial charge in [0.1, 0.15) is 16.4 Å². The highest BCUT2D eigenvalue weighted by Gasteiger charge is 2.53. The first-order chi connectivity index (χ1) is 8.08. The Morgan fingerprint density at radius 1 is 1.41 bits per heavy atom. The minimum absolute atomic E-state index is 0.195. The van der Waals surface area contributed by atoms with Crippen LogP contribution in [0.25, 0.3) is 0 Å². The van der Waals surface area contributed by atoms with Crippen molar-refractivity contribution in [2.24, 2.45) is 5.92 Å². The standard InChI is InChI=1S/C11H12ClN3O2/c12-9-4-13-8(3-14-9)10(16)15-5-11(17,6-15)7-1-2-7/h3-4,7,17H,1-2,5-6H2. The van der Waals surface area contributed by atoms with Crippen LogP contribution in [0.2, 0.25) is 5.15 Å². The molecule has 1 aliphatic heterocycles. The van der Waals surface area contributed by atoms with E-state index in [-0.39, 0.29) is 16.8 Å². The van der Waals surface area contributed by atoms with Gasteiger partial charge in [-0.05, 0) is 18.8 Å².